The van der Waals surface area contributed by atoms with Crippen molar-refractivity contribution in [3.05, 3.63) is 0 Å². The van der Waals surface area contributed by atoms with Crippen LogP contribution in [0.25, 0.3) is 0 Å². The second-order valence-corrected chi connectivity index (χ2v) is 6.92. The molecule has 0 saturated carbocycles. The highest BCUT2D eigenvalue weighted by Crippen LogP contribution is 2.19. The molecule has 1 aliphatic heterocycles. The number of rotatable bonds is 9. The molecule has 10 nitrogen and oxygen atoms in total. The standard InChI is InChI=1S/C17H30N4O6/c1-4-9(2)13(15(24)19-10(3)17(26)27)20-14(23)12-6-5-7-21(12)16(25)11(18)8-22/h9-13,22H,4-8,18H2,1-3H3,(H,19,24)(H,20,23)(H,26,27). The zero-order valence-electron chi connectivity index (χ0n) is 16.0. The zero-order chi connectivity index (χ0) is 20.7. The molecule has 0 aromatic rings. The molecule has 0 radical (unpaired) electrons. The van der Waals surface area contributed by atoms with E-state index in [0.717, 1.165) is 0 Å². The second-order valence-electron chi connectivity index (χ2n) is 6.92. The maximum absolute atomic E-state index is 12.7. The maximum atomic E-state index is 12.7. The number of carboxylic acid groups (broad SMARTS) is 1. The Bertz CT molecular complexity index is 570. The Hall–Kier alpha value is -2.20. The normalized spacial score (nSPS) is 21.1. The number of hydrogen-bond acceptors (Lipinski definition) is 6. The Morgan fingerprint density at radius 1 is 1.22 bits per heavy atom. The number of likely N-dealkylation sites (tertiary alicyclic amines) is 1. The zero-order valence-corrected chi connectivity index (χ0v) is 16.0. The maximum Gasteiger partial charge on any atom is 0.325 e. The number of nitrogens with one attached hydrogen (secondary N) is 2. The van der Waals surface area contributed by atoms with Gasteiger partial charge in [0.15, 0.2) is 0 Å². The first-order valence-electron chi connectivity index (χ1n) is 9.14. The molecule has 0 spiro atoms. The second kappa shape index (κ2) is 10.2. The lowest BCUT2D eigenvalue weighted by molar-refractivity contribution is -0.143. The lowest BCUT2D eigenvalue weighted by Crippen LogP contribution is -2.58. The molecule has 6 N–H and O–H groups in total. The summed E-state index contributed by atoms with van der Waals surface area (Å²) in [4.78, 5) is 49.7. The van der Waals surface area contributed by atoms with Crippen molar-refractivity contribution in [1.82, 2.24) is 15.5 Å². The van der Waals surface area contributed by atoms with Crippen LogP contribution in [0.3, 0.4) is 0 Å². The molecular formula is C17H30N4O6. The van der Waals surface area contributed by atoms with E-state index >= 15 is 0 Å². The van der Waals surface area contributed by atoms with Crippen LogP contribution >= 0.6 is 0 Å². The van der Waals surface area contributed by atoms with E-state index in [4.69, 9.17) is 15.9 Å². The number of amides is 3. The largest absolute Gasteiger partial charge is 0.480 e. The number of carboxylic acids is 1. The molecule has 1 saturated heterocycles. The highest BCUT2D eigenvalue weighted by atomic mass is 16.4. The average Bonchev–Trinajstić information content (AvgIpc) is 3.13. The minimum Gasteiger partial charge on any atom is -0.480 e. The molecule has 1 aliphatic rings. The van der Waals surface area contributed by atoms with E-state index in [-0.39, 0.29) is 5.92 Å². The van der Waals surface area contributed by atoms with Gasteiger partial charge in [-0.05, 0) is 25.7 Å². The van der Waals surface area contributed by atoms with E-state index in [9.17, 15) is 19.2 Å². The Balaban J connectivity index is 2.88. The van der Waals surface area contributed by atoms with Crippen molar-refractivity contribution in [3.8, 4) is 0 Å². The Kier molecular flexibility index (Phi) is 8.64. The summed E-state index contributed by atoms with van der Waals surface area (Å²) in [6.45, 7) is 4.79. The molecule has 10 heteroatoms. The third-order valence-electron chi connectivity index (χ3n) is 4.87. The van der Waals surface area contributed by atoms with Crippen molar-refractivity contribution in [2.75, 3.05) is 13.2 Å². The summed E-state index contributed by atoms with van der Waals surface area (Å²) < 4.78 is 0. The summed E-state index contributed by atoms with van der Waals surface area (Å²) in [5, 5.41) is 23.0. The van der Waals surface area contributed by atoms with Crippen LogP contribution in [0.5, 0.6) is 0 Å². The first-order valence-corrected chi connectivity index (χ1v) is 9.14. The lowest BCUT2D eigenvalue weighted by atomic mass is 9.97. The summed E-state index contributed by atoms with van der Waals surface area (Å²) >= 11 is 0. The number of nitrogens with zero attached hydrogens (tertiary/aromatic N) is 1. The number of aliphatic hydroxyl groups is 1. The smallest absolute Gasteiger partial charge is 0.325 e. The van der Waals surface area contributed by atoms with Crippen molar-refractivity contribution in [2.45, 2.75) is 64.2 Å². The number of carbonyl (C=O) groups excluding carboxylic acids is 3. The minimum atomic E-state index is -1.18. The van der Waals surface area contributed by atoms with Gasteiger partial charge in [-0.25, -0.2) is 0 Å². The molecule has 0 aliphatic carbocycles. The Labute approximate surface area is 158 Å². The Morgan fingerprint density at radius 2 is 1.85 bits per heavy atom. The van der Waals surface area contributed by atoms with Gasteiger partial charge in [-0.2, -0.15) is 0 Å². The lowest BCUT2D eigenvalue weighted by Gasteiger charge is -2.29. The van der Waals surface area contributed by atoms with Crippen molar-refractivity contribution < 1.29 is 29.4 Å². The fraction of sp³-hybridized carbons (Fsp3) is 0.765. The van der Waals surface area contributed by atoms with Gasteiger partial charge >= 0.3 is 5.97 Å². The van der Waals surface area contributed by atoms with Gasteiger partial charge in [0.05, 0.1) is 6.61 Å². The molecule has 5 unspecified atom stereocenters. The summed E-state index contributed by atoms with van der Waals surface area (Å²) in [7, 11) is 0. The fourth-order valence-electron chi connectivity index (χ4n) is 2.91. The van der Waals surface area contributed by atoms with E-state index in [1.807, 2.05) is 6.92 Å². The quantitative estimate of drug-likeness (QED) is 0.319. The molecule has 1 heterocycles. The molecule has 27 heavy (non-hydrogen) atoms. The highest BCUT2D eigenvalue weighted by molar-refractivity contribution is 5.94. The molecule has 0 aromatic carbocycles. The van der Waals surface area contributed by atoms with Gasteiger partial charge in [-0.1, -0.05) is 20.3 Å². The van der Waals surface area contributed by atoms with E-state index in [2.05, 4.69) is 10.6 Å². The molecule has 5 atom stereocenters. The molecule has 0 bridgehead atoms. The van der Waals surface area contributed by atoms with Crippen molar-refractivity contribution in [1.29, 1.82) is 0 Å². The number of nitrogens with two attached hydrogens (primary N) is 1. The topological polar surface area (TPSA) is 162 Å². The predicted molar refractivity (Wildman–Crippen MR) is 96.4 cm³/mol. The van der Waals surface area contributed by atoms with E-state index in [1.54, 1.807) is 6.92 Å². The van der Waals surface area contributed by atoms with Crippen LogP contribution in [0, 0.1) is 5.92 Å². The predicted octanol–water partition coefficient (Wildman–Crippen LogP) is -1.58. The molecule has 154 valence electrons. The van der Waals surface area contributed by atoms with Crippen LogP contribution < -0.4 is 16.4 Å². The number of hydrogen-bond donors (Lipinski definition) is 5. The van der Waals surface area contributed by atoms with Crippen LogP contribution in [0.4, 0.5) is 0 Å². The van der Waals surface area contributed by atoms with Crippen LogP contribution in [0.15, 0.2) is 0 Å². The highest BCUT2D eigenvalue weighted by Gasteiger charge is 2.38. The third-order valence-corrected chi connectivity index (χ3v) is 4.87. The van der Waals surface area contributed by atoms with Gasteiger partial charge in [0.2, 0.25) is 17.7 Å². The monoisotopic (exact) mass is 386 g/mol. The van der Waals surface area contributed by atoms with Gasteiger partial charge in [0, 0.05) is 6.54 Å². The van der Waals surface area contributed by atoms with Crippen LogP contribution in [0.1, 0.15) is 40.0 Å². The Morgan fingerprint density at radius 3 is 2.37 bits per heavy atom. The van der Waals surface area contributed by atoms with E-state index < -0.39 is 54.5 Å². The van der Waals surface area contributed by atoms with E-state index in [0.29, 0.717) is 25.8 Å². The van der Waals surface area contributed by atoms with Gasteiger partial charge in [0.25, 0.3) is 0 Å². The van der Waals surface area contributed by atoms with Crippen LogP contribution in [-0.2, 0) is 19.2 Å². The number of aliphatic hydroxyl groups excluding tert-OH is 1. The van der Waals surface area contributed by atoms with Crippen molar-refractivity contribution >= 4 is 23.7 Å². The van der Waals surface area contributed by atoms with Crippen LogP contribution in [0.2, 0.25) is 0 Å². The van der Waals surface area contributed by atoms with Gasteiger partial charge < -0.3 is 31.5 Å². The fourth-order valence-corrected chi connectivity index (χ4v) is 2.91. The first kappa shape index (κ1) is 22.8. The molecule has 1 fully saturated rings. The molecule has 0 aromatic heterocycles. The summed E-state index contributed by atoms with van der Waals surface area (Å²) in [5.41, 5.74) is 5.57. The van der Waals surface area contributed by atoms with Crippen molar-refractivity contribution in [2.24, 2.45) is 11.7 Å². The first-order chi connectivity index (χ1) is 12.6. The third kappa shape index (κ3) is 5.90. The SMILES string of the molecule is CCC(C)C(NC(=O)C1CCCN1C(=O)C(N)CO)C(=O)NC(C)C(=O)O. The van der Waals surface area contributed by atoms with Gasteiger partial charge in [0.1, 0.15) is 24.2 Å². The number of carbonyl (C=O) groups is 4. The summed E-state index contributed by atoms with van der Waals surface area (Å²) in [6.07, 6.45) is 1.62. The number of aliphatic carboxylic acids is 1. The van der Waals surface area contributed by atoms with Gasteiger partial charge in [-0.3, -0.25) is 19.2 Å². The molecular weight excluding hydrogens is 356 g/mol. The minimum absolute atomic E-state index is 0.236. The van der Waals surface area contributed by atoms with Gasteiger partial charge in [-0.15, -0.1) is 0 Å². The molecule has 3 amide bonds. The van der Waals surface area contributed by atoms with Crippen LogP contribution in [-0.4, -0.2) is 76.1 Å². The summed E-state index contributed by atoms with van der Waals surface area (Å²) in [6, 6.07) is -3.88. The summed E-state index contributed by atoms with van der Waals surface area (Å²) in [5.74, 6) is -3.01. The van der Waals surface area contributed by atoms with Crippen molar-refractivity contribution in [3.63, 3.8) is 0 Å². The average molecular weight is 386 g/mol. The van der Waals surface area contributed by atoms with E-state index in [1.165, 1.54) is 11.8 Å². The molecule has 1 rings (SSSR count).